The van der Waals surface area contributed by atoms with Gasteiger partial charge in [-0.25, -0.2) is 0 Å². The molecule has 0 aliphatic heterocycles. The fourth-order valence-corrected chi connectivity index (χ4v) is 2.02. The molecular formula is C17H18N2O2. The van der Waals surface area contributed by atoms with Gasteiger partial charge in [0.25, 0.3) is 5.56 Å². The molecule has 0 aliphatic rings. The normalized spacial score (nSPS) is 10.4. The minimum absolute atomic E-state index is 0.136. The molecule has 2 aromatic rings. The van der Waals surface area contributed by atoms with Crippen molar-refractivity contribution in [1.82, 2.24) is 4.98 Å². The summed E-state index contributed by atoms with van der Waals surface area (Å²) in [6, 6.07) is 11.2. The van der Waals surface area contributed by atoms with Crippen molar-refractivity contribution in [3.05, 3.63) is 51.9 Å². The second-order valence-electron chi connectivity index (χ2n) is 5.41. The number of H-pyrrole nitrogens is 1. The summed E-state index contributed by atoms with van der Waals surface area (Å²) in [5, 5.41) is 9.16. The summed E-state index contributed by atoms with van der Waals surface area (Å²) in [6.07, 6.45) is 0. The van der Waals surface area contributed by atoms with Crippen molar-refractivity contribution in [2.75, 3.05) is 6.61 Å². The molecule has 1 aromatic carbocycles. The first-order valence-electron chi connectivity index (χ1n) is 6.88. The van der Waals surface area contributed by atoms with E-state index in [1.54, 1.807) is 6.92 Å². The third kappa shape index (κ3) is 3.51. The van der Waals surface area contributed by atoms with Crippen LogP contribution in [0.25, 0.3) is 11.1 Å². The molecule has 2 rings (SSSR count). The summed E-state index contributed by atoms with van der Waals surface area (Å²) in [5.41, 5.74) is 1.99. The SMILES string of the molecule is Cc1cc(-c2ccc(OCC(C)C)cc2)c(C#N)c(=O)[nH]1. The van der Waals surface area contributed by atoms with Crippen molar-refractivity contribution in [3.63, 3.8) is 0 Å². The third-order valence-corrected chi connectivity index (χ3v) is 3.03. The van der Waals surface area contributed by atoms with E-state index in [9.17, 15) is 4.79 Å². The van der Waals surface area contributed by atoms with E-state index in [1.165, 1.54) is 0 Å². The highest BCUT2D eigenvalue weighted by Crippen LogP contribution is 2.24. The predicted molar refractivity (Wildman–Crippen MR) is 82.3 cm³/mol. The van der Waals surface area contributed by atoms with Crippen LogP contribution in [0.5, 0.6) is 5.75 Å². The van der Waals surface area contributed by atoms with Crippen LogP contribution in [0.1, 0.15) is 25.1 Å². The molecule has 1 aromatic heterocycles. The Morgan fingerprint density at radius 1 is 1.29 bits per heavy atom. The molecule has 0 bridgehead atoms. The molecule has 4 heteroatoms. The van der Waals surface area contributed by atoms with Gasteiger partial charge in [0.2, 0.25) is 0 Å². The molecule has 0 saturated carbocycles. The summed E-state index contributed by atoms with van der Waals surface area (Å²) in [4.78, 5) is 14.4. The van der Waals surface area contributed by atoms with Gasteiger partial charge >= 0.3 is 0 Å². The number of nitrogens with one attached hydrogen (secondary N) is 1. The van der Waals surface area contributed by atoms with Gasteiger partial charge in [0, 0.05) is 11.3 Å². The number of pyridine rings is 1. The molecule has 1 heterocycles. The zero-order chi connectivity index (χ0) is 15.4. The molecule has 0 spiro atoms. The Balaban J connectivity index is 2.35. The third-order valence-electron chi connectivity index (χ3n) is 3.03. The van der Waals surface area contributed by atoms with Crippen LogP contribution in [0.15, 0.2) is 35.1 Å². The number of aromatic amines is 1. The molecule has 0 amide bonds. The lowest BCUT2D eigenvalue weighted by Gasteiger charge is -2.10. The number of benzene rings is 1. The number of nitriles is 1. The van der Waals surface area contributed by atoms with Crippen molar-refractivity contribution in [3.8, 4) is 22.9 Å². The van der Waals surface area contributed by atoms with E-state index in [1.807, 2.05) is 36.4 Å². The van der Waals surface area contributed by atoms with Crippen LogP contribution in [0.4, 0.5) is 0 Å². The monoisotopic (exact) mass is 282 g/mol. The highest BCUT2D eigenvalue weighted by Gasteiger charge is 2.10. The zero-order valence-corrected chi connectivity index (χ0v) is 12.4. The molecule has 0 radical (unpaired) electrons. The van der Waals surface area contributed by atoms with Gasteiger partial charge in [-0.15, -0.1) is 0 Å². The Morgan fingerprint density at radius 2 is 1.95 bits per heavy atom. The molecule has 1 N–H and O–H groups in total. The number of aromatic nitrogens is 1. The Kier molecular flexibility index (Phi) is 4.44. The fraction of sp³-hybridized carbons (Fsp3) is 0.294. The minimum Gasteiger partial charge on any atom is -0.493 e. The standard InChI is InChI=1S/C17H18N2O2/c1-11(2)10-21-14-6-4-13(5-7-14)15-8-12(3)19-17(20)16(15)9-18/h4-8,11H,10H2,1-3H3,(H,19,20). The quantitative estimate of drug-likeness (QED) is 0.936. The highest BCUT2D eigenvalue weighted by molar-refractivity contribution is 5.70. The average molecular weight is 282 g/mol. The molecule has 4 nitrogen and oxygen atoms in total. The number of nitrogens with zero attached hydrogens (tertiary/aromatic N) is 1. The maximum absolute atomic E-state index is 11.8. The van der Waals surface area contributed by atoms with Crippen molar-refractivity contribution >= 4 is 0 Å². The van der Waals surface area contributed by atoms with E-state index in [-0.39, 0.29) is 11.1 Å². The molecule has 108 valence electrons. The molecule has 0 atom stereocenters. The highest BCUT2D eigenvalue weighted by atomic mass is 16.5. The molecular weight excluding hydrogens is 264 g/mol. The Labute approximate surface area is 124 Å². The van der Waals surface area contributed by atoms with Crippen molar-refractivity contribution in [2.45, 2.75) is 20.8 Å². The summed E-state index contributed by atoms with van der Waals surface area (Å²) in [6.45, 7) is 6.64. The fourth-order valence-electron chi connectivity index (χ4n) is 2.02. The second-order valence-corrected chi connectivity index (χ2v) is 5.41. The molecule has 0 fully saturated rings. The number of ether oxygens (including phenoxy) is 1. The number of hydrogen-bond donors (Lipinski definition) is 1. The van der Waals surface area contributed by atoms with Gasteiger partial charge in [-0.2, -0.15) is 5.26 Å². The summed E-state index contributed by atoms with van der Waals surface area (Å²) in [7, 11) is 0. The zero-order valence-electron chi connectivity index (χ0n) is 12.4. The van der Waals surface area contributed by atoms with Crippen molar-refractivity contribution in [2.24, 2.45) is 5.92 Å². The Morgan fingerprint density at radius 3 is 2.52 bits per heavy atom. The van der Waals surface area contributed by atoms with Gasteiger partial charge in [-0.3, -0.25) is 4.79 Å². The summed E-state index contributed by atoms with van der Waals surface area (Å²) in [5.74, 6) is 1.25. The maximum atomic E-state index is 11.8. The molecule has 0 unspecified atom stereocenters. The molecule has 0 aliphatic carbocycles. The van der Waals surface area contributed by atoms with E-state index >= 15 is 0 Å². The van der Waals surface area contributed by atoms with Gasteiger partial charge in [0.15, 0.2) is 0 Å². The smallest absolute Gasteiger partial charge is 0.266 e. The van der Waals surface area contributed by atoms with E-state index in [0.717, 1.165) is 17.0 Å². The number of aryl methyl sites for hydroxylation is 1. The first-order chi connectivity index (χ1) is 10.0. The van der Waals surface area contributed by atoms with Gasteiger partial charge in [-0.05, 0) is 36.6 Å². The number of hydrogen-bond acceptors (Lipinski definition) is 3. The first-order valence-corrected chi connectivity index (χ1v) is 6.88. The first kappa shape index (κ1) is 14.9. The van der Waals surface area contributed by atoms with Crippen LogP contribution in [-0.2, 0) is 0 Å². The second kappa shape index (κ2) is 6.27. The Hall–Kier alpha value is -2.54. The van der Waals surface area contributed by atoms with E-state index in [4.69, 9.17) is 10.00 Å². The molecule has 0 saturated heterocycles. The van der Waals surface area contributed by atoms with Crippen LogP contribution in [-0.4, -0.2) is 11.6 Å². The summed E-state index contributed by atoms with van der Waals surface area (Å²) < 4.78 is 5.63. The predicted octanol–water partition coefficient (Wildman–Crippen LogP) is 3.26. The van der Waals surface area contributed by atoms with Gasteiger partial charge in [0.1, 0.15) is 17.4 Å². The van der Waals surface area contributed by atoms with Crippen LogP contribution < -0.4 is 10.3 Å². The van der Waals surface area contributed by atoms with Crippen LogP contribution in [0.3, 0.4) is 0 Å². The lowest BCUT2D eigenvalue weighted by atomic mass is 10.0. The maximum Gasteiger partial charge on any atom is 0.266 e. The number of rotatable bonds is 4. The van der Waals surface area contributed by atoms with Crippen LogP contribution in [0, 0.1) is 24.2 Å². The van der Waals surface area contributed by atoms with Crippen molar-refractivity contribution in [1.29, 1.82) is 5.26 Å². The average Bonchev–Trinajstić information content (AvgIpc) is 2.45. The lowest BCUT2D eigenvalue weighted by Crippen LogP contribution is -2.12. The van der Waals surface area contributed by atoms with Gasteiger partial charge in [0.05, 0.1) is 6.61 Å². The van der Waals surface area contributed by atoms with Crippen LogP contribution >= 0.6 is 0 Å². The molecule has 21 heavy (non-hydrogen) atoms. The van der Waals surface area contributed by atoms with Gasteiger partial charge in [-0.1, -0.05) is 26.0 Å². The minimum atomic E-state index is -0.354. The van der Waals surface area contributed by atoms with Crippen molar-refractivity contribution < 1.29 is 4.74 Å². The van der Waals surface area contributed by atoms with Crippen LogP contribution in [0.2, 0.25) is 0 Å². The van der Waals surface area contributed by atoms with E-state index in [2.05, 4.69) is 18.8 Å². The Bertz CT molecular complexity index is 722. The van der Waals surface area contributed by atoms with E-state index < -0.39 is 0 Å². The van der Waals surface area contributed by atoms with E-state index in [0.29, 0.717) is 18.1 Å². The van der Waals surface area contributed by atoms with Gasteiger partial charge < -0.3 is 9.72 Å². The summed E-state index contributed by atoms with van der Waals surface area (Å²) >= 11 is 0. The lowest BCUT2D eigenvalue weighted by molar-refractivity contribution is 0.271. The largest absolute Gasteiger partial charge is 0.493 e. The topological polar surface area (TPSA) is 65.9 Å².